The molecule has 0 aliphatic carbocycles. The number of nitrogens with zero attached hydrogens (tertiary/aromatic N) is 1. The van der Waals surface area contributed by atoms with E-state index in [1.165, 1.54) is 0 Å². The van der Waals surface area contributed by atoms with Crippen molar-refractivity contribution in [1.82, 2.24) is 0 Å². The standard InChI is InChI=1S/C14H19FN2/c1-9-2-5-14(13(15)6-9)17-11-3-4-12(17)8-10(16)7-11/h2,5-6,10-12H,3-4,7-8,16H2,1H3. The molecule has 3 heteroatoms. The summed E-state index contributed by atoms with van der Waals surface area (Å²) >= 11 is 0. The topological polar surface area (TPSA) is 29.3 Å². The Morgan fingerprint density at radius 2 is 1.88 bits per heavy atom. The van der Waals surface area contributed by atoms with E-state index in [0.29, 0.717) is 18.1 Å². The summed E-state index contributed by atoms with van der Waals surface area (Å²) in [4.78, 5) is 2.28. The van der Waals surface area contributed by atoms with Gasteiger partial charge in [-0.15, -0.1) is 0 Å². The van der Waals surface area contributed by atoms with Crippen molar-refractivity contribution >= 4 is 5.69 Å². The van der Waals surface area contributed by atoms with Crippen LogP contribution in [0.15, 0.2) is 18.2 Å². The van der Waals surface area contributed by atoms with E-state index in [2.05, 4.69) is 4.90 Å². The number of anilines is 1. The number of benzene rings is 1. The highest BCUT2D eigenvalue weighted by Gasteiger charge is 2.40. The molecule has 0 radical (unpaired) electrons. The van der Waals surface area contributed by atoms with Crippen LogP contribution >= 0.6 is 0 Å². The molecule has 3 rings (SSSR count). The van der Waals surface area contributed by atoms with Gasteiger partial charge in [0.1, 0.15) is 5.82 Å². The Labute approximate surface area is 102 Å². The number of hydrogen-bond acceptors (Lipinski definition) is 2. The predicted octanol–water partition coefficient (Wildman–Crippen LogP) is 2.59. The Kier molecular flexibility index (Phi) is 2.58. The van der Waals surface area contributed by atoms with Crippen LogP contribution in [-0.2, 0) is 0 Å². The average Bonchev–Trinajstić information content (AvgIpc) is 2.53. The molecule has 2 fully saturated rings. The summed E-state index contributed by atoms with van der Waals surface area (Å²) in [5.74, 6) is -0.0858. The third-order valence-electron chi connectivity index (χ3n) is 4.15. The fourth-order valence-electron chi connectivity index (χ4n) is 3.43. The summed E-state index contributed by atoms with van der Waals surface area (Å²) in [6.45, 7) is 1.92. The molecule has 1 aromatic carbocycles. The molecular weight excluding hydrogens is 215 g/mol. The van der Waals surface area contributed by atoms with Crippen molar-refractivity contribution in [3.63, 3.8) is 0 Å². The van der Waals surface area contributed by atoms with Gasteiger partial charge in [-0.1, -0.05) is 6.07 Å². The zero-order valence-corrected chi connectivity index (χ0v) is 10.2. The first kappa shape index (κ1) is 11.0. The summed E-state index contributed by atoms with van der Waals surface area (Å²) in [6, 6.07) is 6.74. The monoisotopic (exact) mass is 234 g/mol. The third kappa shape index (κ3) is 1.82. The van der Waals surface area contributed by atoms with Crippen LogP contribution in [0.4, 0.5) is 10.1 Å². The molecule has 2 N–H and O–H groups in total. The second-order valence-corrected chi connectivity index (χ2v) is 5.48. The fraction of sp³-hybridized carbons (Fsp3) is 0.571. The maximum atomic E-state index is 14.0. The van der Waals surface area contributed by atoms with Crippen LogP contribution in [0, 0.1) is 12.7 Å². The van der Waals surface area contributed by atoms with Crippen molar-refractivity contribution in [3.05, 3.63) is 29.6 Å². The number of nitrogens with two attached hydrogens (primary N) is 1. The van der Waals surface area contributed by atoms with Gasteiger partial charge in [-0.05, 0) is 50.3 Å². The molecule has 0 amide bonds. The van der Waals surface area contributed by atoms with Gasteiger partial charge in [0.05, 0.1) is 5.69 Å². The first-order chi connectivity index (χ1) is 8.15. The quantitative estimate of drug-likeness (QED) is 0.809. The van der Waals surface area contributed by atoms with Crippen molar-refractivity contribution < 1.29 is 4.39 Å². The summed E-state index contributed by atoms with van der Waals surface area (Å²) in [5, 5.41) is 0. The van der Waals surface area contributed by atoms with Crippen molar-refractivity contribution in [2.24, 2.45) is 5.73 Å². The minimum atomic E-state index is -0.0858. The van der Waals surface area contributed by atoms with Gasteiger partial charge in [0.25, 0.3) is 0 Å². The highest BCUT2D eigenvalue weighted by atomic mass is 19.1. The van der Waals surface area contributed by atoms with E-state index in [4.69, 9.17) is 5.73 Å². The van der Waals surface area contributed by atoms with Crippen molar-refractivity contribution in [2.45, 2.75) is 50.7 Å². The predicted molar refractivity (Wildman–Crippen MR) is 67.6 cm³/mol. The number of piperidine rings is 1. The van der Waals surface area contributed by atoms with Gasteiger partial charge < -0.3 is 10.6 Å². The normalized spacial score (nSPS) is 31.9. The second kappa shape index (κ2) is 3.98. The van der Waals surface area contributed by atoms with Crippen LogP contribution in [0.5, 0.6) is 0 Å². The highest BCUT2D eigenvalue weighted by Crippen LogP contribution is 2.39. The maximum absolute atomic E-state index is 14.0. The number of halogens is 1. The second-order valence-electron chi connectivity index (χ2n) is 5.48. The van der Waals surface area contributed by atoms with Crippen LogP contribution in [0.25, 0.3) is 0 Å². The number of aryl methyl sites for hydroxylation is 1. The van der Waals surface area contributed by atoms with E-state index in [1.807, 2.05) is 19.1 Å². The maximum Gasteiger partial charge on any atom is 0.146 e. The minimum absolute atomic E-state index is 0.0858. The first-order valence-electron chi connectivity index (χ1n) is 6.45. The highest BCUT2D eigenvalue weighted by molar-refractivity contribution is 5.52. The van der Waals surface area contributed by atoms with E-state index in [9.17, 15) is 4.39 Å². The molecule has 2 aliphatic heterocycles. The van der Waals surface area contributed by atoms with Gasteiger partial charge in [-0.2, -0.15) is 0 Å². The number of rotatable bonds is 1. The number of fused-ring (bicyclic) bond motifs is 2. The lowest BCUT2D eigenvalue weighted by molar-refractivity contribution is 0.410. The molecule has 2 bridgehead atoms. The minimum Gasteiger partial charge on any atom is -0.363 e. The van der Waals surface area contributed by atoms with Gasteiger partial charge in [0.15, 0.2) is 0 Å². The zero-order chi connectivity index (χ0) is 12.0. The molecule has 1 aromatic rings. The average molecular weight is 234 g/mol. The molecular formula is C14H19FN2. The molecule has 0 saturated carbocycles. The smallest absolute Gasteiger partial charge is 0.146 e. The molecule has 2 atom stereocenters. The van der Waals surface area contributed by atoms with Crippen LogP contribution in [-0.4, -0.2) is 18.1 Å². The van der Waals surface area contributed by atoms with Crippen molar-refractivity contribution in [2.75, 3.05) is 4.90 Å². The molecule has 2 nitrogen and oxygen atoms in total. The van der Waals surface area contributed by atoms with Crippen LogP contribution < -0.4 is 10.6 Å². The van der Waals surface area contributed by atoms with Gasteiger partial charge in [-0.3, -0.25) is 0 Å². The van der Waals surface area contributed by atoms with E-state index < -0.39 is 0 Å². The molecule has 2 heterocycles. The molecule has 0 aromatic heterocycles. The molecule has 17 heavy (non-hydrogen) atoms. The van der Waals surface area contributed by atoms with Gasteiger partial charge in [0, 0.05) is 18.1 Å². The molecule has 92 valence electrons. The van der Waals surface area contributed by atoms with Crippen LogP contribution in [0.2, 0.25) is 0 Å². The van der Waals surface area contributed by atoms with E-state index in [0.717, 1.165) is 36.9 Å². The molecule has 0 spiro atoms. The summed E-state index contributed by atoms with van der Waals surface area (Å²) in [5.41, 5.74) is 7.79. The Balaban J connectivity index is 1.94. The Morgan fingerprint density at radius 1 is 1.24 bits per heavy atom. The lowest BCUT2D eigenvalue weighted by Crippen LogP contribution is -2.47. The summed E-state index contributed by atoms with van der Waals surface area (Å²) in [7, 11) is 0. The van der Waals surface area contributed by atoms with Crippen molar-refractivity contribution in [1.29, 1.82) is 0 Å². The fourth-order valence-corrected chi connectivity index (χ4v) is 3.43. The molecule has 2 aliphatic rings. The van der Waals surface area contributed by atoms with E-state index in [-0.39, 0.29) is 5.82 Å². The lowest BCUT2D eigenvalue weighted by atomic mass is 9.97. The van der Waals surface area contributed by atoms with Gasteiger partial charge >= 0.3 is 0 Å². The van der Waals surface area contributed by atoms with Crippen LogP contribution in [0.3, 0.4) is 0 Å². The van der Waals surface area contributed by atoms with Crippen LogP contribution in [0.1, 0.15) is 31.2 Å². The largest absolute Gasteiger partial charge is 0.363 e. The SMILES string of the molecule is Cc1ccc(N2C3CCC2CC(N)C3)c(F)c1. The molecule has 2 unspecified atom stereocenters. The Bertz CT molecular complexity index is 418. The Morgan fingerprint density at radius 3 is 2.47 bits per heavy atom. The van der Waals surface area contributed by atoms with E-state index in [1.54, 1.807) is 6.07 Å². The summed E-state index contributed by atoms with van der Waals surface area (Å²) < 4.78 is 14.0. The lowest BCUT2D eigenvalue weighted by Gasteiger charge is -2.39. The summed E-state index contributed by atoms with van der Waals surface area (Å²) in [6.07, 6.45) is 4.32. The first-order valence-corrected chi connectivity index (χ1v) is 6.45. The van der Waals surface area contributed by atoms with Crippen molar-refractivity contribution in [3.8, 4) is 0 Å². The third-order valence-corrected chi connectivity index (χ3v) is 4.15. The zero-order valence-electron chi connectivity index (χ0n) is 10.2. The number of hydrogen-bond donors (Lipinski definition) is 1. The Hall–Kier alpha value is -1.09. The van der Waals surface area contributed by atoms with Gasteiger partial charge in [0.2, 0.25) is 0 Å². The van der Waals surface area contributed by atoms with Gasteiger partial charge in [-0.25, -0.2) is 4.39 Å². The van der Waals surface area contributed by atoms with E-state index >= 15 is 0 Å². The molecule has 2 saturated heterocycles.